The maximum Gasteiger partial charge on any atom is 0.338 e. The standard InChI is InChI=1S/C32H36N2O6Si2/c1-7-27(41(3)4)39-31(37)23-13-17-25(18-14-23)33-29(35)21-9-11-22(12-10-21)30(36)34-26-19-15-24(16-20-26)32(38)40-28(8-2)42(5)6/h7-20,27-28,41-42H,1-2H2,3-6H3,(H,33,35)(H,34,36). The summed E-state index contributed by atoms with van der Waals surface area (Å²) < 4.78 is 11.0. The van der Waals surface area contributed by atoms with Crippen LogP contribution in [0.5, 0.6) is 0 Å². The fourth-order valence-corrected chi connectivity index (χ4v) is 5.73. The molecule has 0 saturated heterocycles. The molecule has 0 heterocycles. The van der Waals surface area contributed by atoms with Crippen LogP contribution in [0.25, 0.3) is 0 Å². The molecule has 42 heavy (non-hydrogen) atoms. The van der Waals surface area contributed by atoms with Crippen LogP contribution in [0.3, 0.4) is 0 Å². The van der Waals surface area contributed by atoms with Crippen LogP contribution < -0.4 is 10.6 Å². The molecule has 2 atom stereocenters. The molecule has 0 spiro atoms. The Balaban J connectivity index is 1.56. The Labute approximate surface area is 249 Å². The summed E-state index contributed by atoms with van der Waals surface area (Å²) in [5, 5.41) is 5.55. The summed E-state index contributed by atoms with van der Waals surface area (Å²) in [7, 11) is -2.46. The van der Waals surface area contributed by atoms with Crippen LogP contribution >= 0.6 is 0 Å². The lowest BCUT2D eigenvalue weighted by molar-refractivity contribution is 0.0485. The third-order valence-electron chi connectivity index (χ3n) is 6.43. The highest BCUT2D eigenvalue weighted by atomic mass is 28.3. The van der Waals surface area contributed by atoms with Gasteiger partial charge < -0.3 is 20.1 Å². The lowest BCUT2D eigenvalue weighted by Gasteiger charge is -2.16. The third kappa shape index (κ3) is 8.72. The number of rotatable bonds is 12. The predicted molar refractivity (Wildman–Crippen MR) is 172 cm³/mol. The summed E-state index contributed by atoms with van der Waals surface area (Å²) in [6, 6.07) is 19.1. The van der Waals surface area contributed by atoms with E-state index in [2.05, 4.69) is 50.0 Å². The number of carbonyl (C=O) groups excluding carboxylic acids is 4. The van der Waals surface area contributed by atoms with E-state index in [-0.39, 0.29) is 23.3 Å². The van der Waals surface area contributed by atoms with Crippen molar-refractivity contribution in [3.05, 3.63) is 120 Å². The normalized spacial score (nSPS) is 12.1. The van der Waals surface area contributed by atoms with Crippen molar-refractivity contribution in [2.45, 2.75) is 37.6 Å². The van der Waals surface area contributed by atoms with Crippen LogP contribution in [0.4, 0.5) is 11.4 Å². The van der Waals surface area contributed by atoms with Crippen LogP contribution in [0.15, 0.2) is 98.1 Å². The van der Waals surface area contributed by atoms with Crippen molar-refractivity contribution in [1.82, 2.24) is 0 Å². The SMILES string of the molecule is C=CC(OC(=O)c1ccc(NC(=O)c2ccc(C(=O)Nc3ccc(C(=O)OC(C=C)[SiH](C)C)cc3)cc2)cc1)[SiH](C)C. The first kappa shape index (κ1) is 32.0. The van der Waals surface area contributed by atoms with Gasteiger partial charge in [-0.2, -0.15) is 0 Å². The van der Waals surface area contributed by atoms with E-state index >= 15 is 0 Å². The zero-order valence-corrected chi connectivity index (χ0v) is 26.6. The molecule has 2 unspecified atom stereocenters. The fraction of sp³-hybridized carbons (Fsp3) is 0.188. The van der Waals surface area contributed by atoms with Crippen molar-refractivity contribution >= 4 is 52.7 Å². The molecule has 2 amide bonds. The largest absolute Gasteiger partial charge is 0.459 e. The van der Waals surface area contributed by atoms with E-state index in [0.717, 1.165) is 0 Å². The molecule has 0 bridgehead atoms. The van der Waals surface area contributed by atoms with E-state index < -0.39 is 29.5 Å². The summed E-state index contributed by atoms with van der Waals surface area (Å²) in [4.78, 5) is 50.2. The van der Waals surface area contributed by atoms with Gasteiger partial charge >= 0.3 is 11.9 Å². The molecule has 3 rings (SSSR count). The molecule has 0 radical (unpaired) electrons. The van der Waals surface area contributed by atoms with Crippen molar-refractivity contribution in [2.75, 3.05) is 10.6 Å². The molecule has 0 aromatic heterocycles. The van der Waals surface area contributed by atoms with E-state index in [1.54, 1.807) is 84.9 Å². The number of amides is 2. The minimum atomic E-state index is -1.23. The first-order valence-corrected chi connectivity index (χ1v) is 19.6. The van der Waals surface area contributed by atoms with Gasteiger partial charge in [-0.3, -0.25) is 9.59 Å². The van der Waals surface area contributed by atoms with E-state index in [4.69, 9.17) is 9.47 Å². The minimum absolute atomic E-state index is 0.250. The molecule has 0 saturated carbocycles. The van der Waals surface area contributed by atoms with Crippen LogP contribution in [-0.4, -0.2) is 52.8 Å². The smallest absolute Gasteiger partial charge is 0.338 e. The van der Waals surface area contributed by atoms with Gasteiger partial charge in [0.05, 0.1) is 28.7 Å². The molecule has 0 fully saturated rings. The van der Waals surface area contributed by atoms with Gasteiger partial charge in [0.2, 0.25) is 0 Å². The average Bonchev–Trinajstić information content (AvgIpc) is 2.98. The molecule has 0 aliphatic rings. The first-order chi connectivity index (χ1) is 20.0. The second kappa shape index (κ2) is 14.9. The number of anilines is 2. The monoisotopic (exact) mass is 600 g/mol. The average molecular weight is 601 g/mol. The molecule has 0 aliphatic heterocycles. The number of benzene rings is 3. The molecular weight excluding hydrogens is 565 g/mol. The van der Waals surface area contributed by atoms with E-state index in [1.165, 1.54) is 0 Å². The Hall–Kier alpha value is -4.55. The van der Waals surface area contributed by atoms with Crippen LogP contribution in [0.1, 0.15) is 41.4 Å². The lowest BCUT2D eigenvalue weighted by Crippen LogP contribution is -2.28. The highest BCUT2D eigenvalue weighted by Gasteiger charge is 2.19. The summed E-state index contributed by atoms with van der Waals surface area (Å²) in [6.07, 6.45) is 3.31. The van der Waals surface area contributed by atoms with Gasteiger partial charge in [-0.15, -0.1) is 0 Å². The Morgan fingerprint density at radius 1 is 0.571 bits per heavy atom. The quantitative estimate of drug-likeness (QED) is 0.158. The summed E-state index contributed by atoms with van der Waals surface area (Å²) in [5.74, 6) is -1.60. The van der Waals surface area contributed by atoms with Gasteiger partial charge in [-0.05, 0) is 72.8 Å². The van der Waals surface area contributed by atoms with Gasteiger partial charge in [0.15, 0.2) is 0 Å². The van der Waals surface area contributed by atoms with Crippen molar-refractivity contribution in [2.24, 2.45) is 0 Å². The highest BCUT2D eigenvalue weighted by molar-refractivity contribution is 6.58. The minimum Gasteiger partial charge on any atom is -0.459 e. The molecule has 3 aromatic rings. The molecule has 0 aliphatic carbocycles. The number of nitrogens with one attached hydrogen (secondary N) is 2. The Morgan fingerprint density at radius 2 is 0.857 bits per heavy atom. The van der Waals surface area contributed by atoms with Gasteiger partial charge in [-0.25, -0.2) is 9.59 Å². The molecule has 218 valence electrons. The lowest BCUT2D eigenvalue weighted by atomic mass is 10.1. The van der Waals surface area contributed by atoms with Gasteiger partial charge in [-0.1, -0.05) is 51.5 Å². The van der Waals surface area contributed by atoms with Gasteiger partial charge in [0, 0.05) is 22.5 Å². The van der Waals surface area contributed by atoms with Crippen molar-refractivity contribution in [1.29, 1.82) is 0 Å². The topological polar surface area (TPSA) is 111 Å². The maximum atomic E-state index is 12.7. The molecule has 2 N–H and O–H groups in total. The Morgan fingerprint density at radius 3 is 1.12 bits per heavy atom. The summed E-state index contributed by atoms with van der Waals surface area (Å²) >= 11 is 0. The number of hydrogen-bond donors (Lipinski definition) is 2. The molecule has 10 heteroatoms. The van der Waals surface area contributed by atoms with Crippen LogP contribution in [-0.2, 0) is 9.47 Å². The number of hydrogen-bond acceptors (Lipinski definition) is 6. The fourth-order valence-electron chi connectivity index (χ4n) is 3.85. The second-order valence-corrected chi connectivity index (χ2v) is 16.6. The van der Waals surface area contributed by atoms with Crippen molar-refractivity contribution in [3.8, 4) is 0 Å². The van der Waals surface area contributed by atoms with Crippen LogP contribution in [0.2, 0.25) is 26.2 Å². The van der Waals surface area contributed by atoms with E-state index in [1.807, 2.05) is 0 Å². The molecular formula is C32H36N2O6Si2. The molecule has 8 nitrogen and oxygen atoms in total. The summed E-state index contributed by atoms with van der Waals surface area (Å²) in [6.45, 7) is 15.8. The van der Waals surface area contributed by atoms with Crippen molar-refractivity contribution < 1.29 is 28.7 Å². The number of esters is 2. The second-order valence-electron chi connectivity index (χ2n) is 10.3. The summed E-state index contributed by atoms with van der Waals surface area (Å²) in [5.41, 5.74) is 2.00. The van der Waals surface area contributed by atoms with Crippen LogP contribution in [0, 0.1) is 0 Å². The van der Waals surface area contributed by atoms with Gasteiger partial charge in [0.1, 0.15) is 11.5 Å². The number of carbonyl (C=O) groups is 4. The zero-order valence-electron chi connectivity index (χ0n) is 24.3. The molecule has 3 aromatic carbocycles. The van der Waals surface area contributed by atoms with Gasteiger partial charge in [0.25, 0.3) is 11.8 Å². The Kier molecular flexibility index (Phi) is 11.3. The Bertz CT molecular complexity index is 1320. The van der Waals surface area contributed by atoms with E-state index in [9.17, 15) is 19.2 Å². The third-order valence-corrected chi connectivity index (χ3v) is 9.88. The number of ether oxygens (including phenoxy) is 2. The highest BCUT2D eigenvalue weighted by Crippen LogP contribution is 2.16. The van der Waals surface area contributed by atoms with Crippen molar-refractivity contribution in [3.63, 3.8) is 0 Å². The maximum absolute atomic E-state index is 12.7. The zero-order chi connectivity index (χ0) is 30.8. The van der Waals surface area contributed by atoms with E-state index in [0.29, 0.717) is 33.6 Å². The predicted octanol–water partition coefficient (Wildman–Crippen LogP) is 5.67. The first-order valence-electron chi connectivity index (χ1n) is 13.6.